The van der Waals surface area contributed by atoms with E-state index in [-0.39, 0.29) is 5.91 Å². The van der Waals surface area contributed by atoms with E-state index in [4.69, 9.17) is 15.1 Å². The zero-order valence-electron chi connectivity index (χ0n) is 26.7. The van der Waals surface area contributed by atoms with Gasteiger partial charge in [-0.1, -0.05) is 37.5 Å². The number of rotatable bonds is 7. The quantitative estimate of drug-likeness (QED) is 0.210. The van der Waals surface area contributed by atoms with Gasteiger partial charge in [0.05, 0.1) is 22.4 Å². The number of carboxylic acid groups (broad SMARTS) is 1. The predicted octanol–water partition coefficient (Wildman–Crippen LogP) is 6.23. The lowest BCUT2D eigenvalue weighted by atomic mass is 9.82. The van der Waals surface area contributed by atoms with E-state index < -0.39 is 11.5 Å². The standard InChI is InChI=1S/C37H40N6O3/c1-41-20-18-37(23-41,36-39-28-16-12-24(13-17-32(44)45)21-31(28)43(36)3)40-35(46)26-14-15-27-30(22-26)42(2)34(29-11-7-8-19-38-29)33(27)25-9-5-4-6-10-25/h7-8,11-17,19,21-22,25H,4-6,9-10,18,20,23H2,1-3H3,(H,40,46)(H,44,45)/b17-13+/t37-/m0/s1. The molecular formula is C37H40N6O3. The first kappa shape index (κ1) is 29.9. The van der Waals surface area contributed by atoms with E-state index in [0.29, 0.717) is 18.0 Å². The van der Waals surface area contributed by atoms with Crippen molar-refractivity contribution in [2.45, 2.75) is 50.0 Å². The molecule has 2 fully saturated rings. The molecule has 1 aliphatic heterocycles. The van der Waals surface area contributed by atoms with E-state index in [1.54, 1.807) is 6.08 Å². The number of hydrogen-bond donors (Lipinski definition) is 2. The molecule has 1 saturated carbocycles. The molecule has 3 aromatic heterocycles. The predicted molar refractivity (Wildman–Crippen MR) is 181 cm³/mol. The number of hydrogen-bond acceptors (Lipinski definition) is 5. The minimum Gasteiger partial charge on any atom is -0.478 e. The number of benzene rings is 2. The third-order valence-electron chi connectivity index (χ3n) is 9.99. The van der Waals surface area contributed by atoms with Crippen LogP contribution in [0.3, 0.4) is 0 Å². The molecule has 5 aromatic rings. The lowest BCUT2D eigenvalue weighted by Gasteiger charge is -2.30. The molecule has 1 aliphatic carbocycles. The van der Waals surface area contributed by atoms with Gasteiger partial charge < -0.3 is 24.5 Å². The molecule has 1 amide bonds. The summed E-state index contributed by atoms with van der Waals surface area (Å²) in [4.78, 5) is 37.2. The Morgan fingerprint density at radius 2 is 1.80 bits per heavy atom. The van der Waals surface area contributed by atoms with Crippen molar-refractivity contribution in [3.8, 4) is 11.4 Å². The van der Waals surface area contributed by atoms with Gasteiger partial charge in [0, 0.05) is 55.9 Å². The number of pyridine rings is 1. The van der Waals surface area contributed by atoms with Gasteiger partial charge >= 0.3 is 5.97 Å². The van der Waals surface area contributed by atoms with Crippen molar-refractivity contribution >= 4 is 39.9 Å². The van der Waals surface area contributed by atoms with Gasteiger partial charge in [0.2, 0.25) is 0 Å². The van der Waals surface area contributed by atoms with Gasteiger partial charge in [-0.2, -0.15) is 0 Å². The van der Waals surface area contributed by atoms with E-state index in [1.165, 1.54) is 43.1 Å². The Labute approximate surface area is 268 Å². The number of likely N-dealkylation sites (tertiary alicyclic amines) is 1. The van der Waals surface area contributed by atoms with Gasteiger partial charge in [0.1, 0.15) is 11.4 Å². The fourth-order valence-corrected chi connectivity index (χ4v) is 7.76. The number of aryl methyl sites for hydroxylation is 2. The smallest absolute Gasteiger partial charge is 0.328 e. The van der Waals surface area contributed by atoms with E-state index >= 15 is 0 Å². The first-order valence-electron chi connectivity index (χ1n) is 16.2. The monoisotopic (exact) mass is 616 g/mol. The van der Waals surface area contributed by atoms with Gasteiger partial charge in [-0.05, 0) is 85.8 Å². The Bertz CT molecular complexity index is 1980. The largest absolute Gasteiger partial charge is 0.478 e. The minimum absolute atomic E-state index is 0.130. The first-order chi connectivity index (χ1) is 22.2. The van der Waals surface area contributed by atoms with Gasteiger partial charge in [-0.15, -0.1) is 0 Å². The second-order valence-electron chi connectivity index (χ2n) is 13.0. The molecular weight excluding hydrogens is 576 g/mol. The van der Waals surface area contributed by atoms with Crippen LogP contribution in [-0.2, 0) is 24.4 Å². The molecule has 0 unspecified atom stereocenters. The third kappa shape index (κ3) is 5.28. The van der Waals surface area contributed by atoms with Crippen LogP contribution in [0.25, 0.3) is 39.4 Å². The minimum atomic E-state index is -0.992. The number of carbonyl (C=O) groups excluding carboxylic acids is 1. The summed E-state index contributed by atoms with van der Waals surface area (Å²) in [6.07, 6.45) is 11.4. The van der Waals surface area contributed by atoms with Crippen molar-refractivity contribution in [3.05, 3.63) is 89.4 Å². The second-order valence-corrected chi connectivity index (χ2v) is 13.0. The lowest BCUT2D eigenvalue weighted by Crippen LogP contribution is -2.49. The number of aliphatic carboxylic acids is 1. The number of amides is 1. The molecule has 2 N–H and O–H groups in total. The summed E-state index contributed by atoms with van der Waals surface area (Å²) >= 11 is 0. The van der Waals surface area contributed by atoms with Gasteiger partial charge in [-0.3, -0.25) is 9.78 Å². The molecule has 2 aromatic carbocycles. The molecule has 4 heterocycles. The Morgan fingerprint density at radius 1 is 0.978 bits per heavy atom. The number of carbonyl (C=O) groups is 2. The number of likely N-dealkylation sites (N-methyl/N-ethyl adjacent to an activating group) is 1. The van der Waals surface area contributed by atoms with Crippen molar-refractivity contribution in [3.63, 3.8) is 0 Å². The van der Waals surface area contributed by atoms with Crippen LogP contribution in [0.5, 0.6) is 0 Å². The average Bonchev–Trinajstić information content (AvgIpc) is 3.71. The molecule has 1 atom stereocenters. The number of imidazole rings is 1. The van der Waals surface area contributed by atoms with Crippen LogP contribution < -0.4 is 5.32 Å². The number of nitrogens with zero attached hydrogens (tertiary/aromatic N) is 5. The van der Waals surface area contributed by atoms with Crippen molar-refractivity contribution in [2.75, 3.05) is 20.1 Å². The van der Waals surface area contributed by atoms with Gasteiger partial charge in [-0.25, -0.2) is 9.78 Å². The maximum atomic E-state index is 14.2. The summed E-state index contributed by atoms with van der Waals surface area (Å²) in [5.41, 5.74) is 6.89. The van der Waals surface area contributed by atoms with Crippen LogP contribution >= 0.6 is 0 Å². The molecule has 9 nitrogen and oxygen atoms in total. The van der Waals surface area contributed by atoms with Crippen LogP contribution in [0.2, 0.25) is 0 Å². The van der Waals surface area contributed by atoms with Crippen LogP contribution in [0, 0.1) is 0 Å². The normalized spacial score (nSPS) is 19.5. The summed E-state index contributed by atoms with van der Waals surface area (Å²) in [5, 5.41) is 13.7. The average molecular weight is 617 g/mol. The van der Waals surface area contributed by atoms with E-state index in [1.807, 2.05) is 60.3 Å². The Morgan fingerprint density at radius 3 is 2.52 bits per heavy atom. The van der Waals surface area contributed by atoms with Crippen molar-refractivity contribution in [1.82, 2.24) is 29.3 Å². The highest BCUT2D eigenvalue weighted by Gasteiger charge is 2.43. The Hall–Kier alpha value is -4.76. The van der Waals surface area contributed by atoms with Crippen LogP contribution in [0.4, 0.5) is 0 Å². The molecule has 9 heteroatoms. The number of carboxylic acids is 1. The second kappa shape index (κ2) is 11.9. The van der Waals surface area contributed by atoms with Crippen molar-refractivity contribution in [1.29, 1.82) is 0 Å². The summed E-state index contributed by atoms with van der Waals surface area (Å²) in [6.45, 7) is 1.45. The van der Waals surface area contributed by atoms with Crippen LogP contribution in [-0.4, -0.2) is 61.1 Å². The van der Waals surface area contributed by atoms with Crippen LogP contribution in [0.1, 0.15) is 71.8 Å². The van der Waals surface area contributed by atoms with Crippen LogP contribution in [0.15, 0.2) is 66.9 Å². The SMILES string of the molecule is CN1CC[C@@](NC(=O)c2ccc3c(C4CCCCC4)c(-c4ccccn4)n(C)c3c2)(c2nc3ccc(/C=C/C(=O)O)cc3n2C)C1. The van der Waals surface area contributed by atoms with E-state index in [9.17, 15) is 9.59 Å². The number of nitrogens with one attached hydrogen (secondary N) is 1. The highest BCUT2D eigenvalue weighted by Crippen LogP contribution is 2.43. The summed E-state index contributed by atoms with van der Waals surface area (Å²) in [7, 11) is 6.12. The molecule has 0 radical (unpaired) electrons. The number of fused-ring (bicyclic) bond motifs is 2. The highest BCUT2D eigenvalue weighted by atomic mass is 16.4. The first-order valence-corrected chi connectivity index (χ1v) is 16.2. The number of aromatic nitrogens is 4. The molecule has 1 saturated heterocycles. The third-order valence-corrected chi connectivity index (χ3v) is 9.99. The van der Waals surface area contributed by atoms with E-state index in [0.717, 1.165) is 58.4 Å². The molecule has 2 aliphatic rings. The molecule has 0 spiro atoms. The fourth-order valence-electron chi connectivity index (χ4n) is 7.76. The maximum Gasteiger partial charge on any atom is 0.328 e. The molecule has 236 valence electrons. The van der Waals surface area contributed by atoms with Gasteiger partial charge in [0.25, 0.3) is 5.91 Å². The molecule has 46 heavy (non-hydrogen) atoms. The zero-order chi connectivity index (χ0) is 32.0. The highest BCUT2D eigenvalue weighted by molar-refractivity contribution is 6.01. The lowest BCUT2D eigenvalue weighted by molar-refractivity contribution is -0.131. The topological polar surface area (TPSA) is 105 Å². The van der Waals surface area contributed by atoms with Crippen molar-refractivity contribution < 1.29 is 14.7 Å². The molecule has 7 rings (SSSR count). The van der Waals surface area contributed by atoms with E-state index in [2.05, 4.69) is 41.0 Å². The summed E-state index contributed by atoms with van der Waals surface area (Å²) < 4.78 is 4.25. The fraction of sp³-hybridized carbons (Fsp3) is 0.351. The summed E-state index contributed by atoms with van der Waals surface area (Å²) in [6, 6.07) is 17.9. The molecule has 0 bridgehead atoms. The van der Waals surface area contributed by atoms with Gasteiger partial charge in [0.15, 0.2) is 0 Å². The van der Waals surface area contributed by atoms with Crippen molar-refractivity contribution in [2.24, 2.45) is 14.1 Å². The summed E-state index contributed by atoms with van der Waals surface area (Å²) in [5.74, 6) is 0.142. The Balaban J connectivity index is 1.27. The zero-order valence-corrected chi connectivity index (χ0v) is 26.7. The Kier molecular flexibility index (Phi) is 7.72. The maximum absolute atomic E-state index is 14.2.